The Hall–Kier alpha value is -1.32. The number of fused-ring (bicyclic) bond motifs is 1. The summed E-state index contributed by atoms with van der Waals surface area (Å²) in [6, 6.07) is 6.26. The monoisotopic (exact) mass is 219 g/mol. The lowest BCUT2D eigenvalue weighted by Crippen LogP contribution is -2.02. The highest BCUT2D eigenvalue weighted by Crippen LogP contribution is 2.23. The van der Waals surface area contributed by atoms with Crippen LogP contribution in [0.25, 0.3) is 11.0 Å². The molecule has 0 aliphatic rings. The molecule has 1 aromatic heterocycles. The molecule has 0 saturated carbocycles. The van der Waals surface area contributed by atoms with Crippen molar-refractivity contribution in [3.8, 4) is 0 Å². The molecule has 16 heavy (non-hydrogen) atoms. The normalized spacial score (nSPS) is 11.1. The standard InChI is InChI=1S/C13H17NO2/c1-15-7-5-10-2-3-13-12(8-10)11(4-6-14)9-16-13/h2-3,8-9H,4-7,14H2,1H3. The van der Waals surface area contributed by atoms with E-state index in [1.54, 1.807) is 13.4 Å². The molecule has 0 saturated heterocycles. The molecule has 0 aliphatic carbocycles. The number of hydrogen-bond acceptors (Lipinski definition) is 3. The number of hydrogen-bond donors (Lipinski definition) is 1. The number of ether oxygens (including phenoxy) is 1. The van der Waals surface area contributed by atoms with Crippen LogP contribution in [0.1, 0.15) is 11.1 Å². The van der Waals surface area contributed by atoms with Gasteiger partial charge in [-0.3, -0.25) is 0 Å². The van der Waals surface area contributed by atoms with Crippen molar-refractivity contribution in [2.24, 2.45) is 5.73 Å². The van der Waals surface area contributed by atoms with Gasteiger partial charge in [0.15, 0.2) is 0 Å². The fourth-order valence-corrected chi connectivity index (χ4v) is 1.85. The second kappa shape index (κ2) is 5.14. The lowest BCUT2D eigenvalue weighted by molar-refractivity contribution is 0.202. The van der Waals surface area contributed by atoms with Crippen molar-refractivity contribution in [3.63, 3.8) is 0 Å². The molecule has 2 aromatic rings. The van der Waals surface area contributed by atoms with Crippen molar-refractivity contribution in [3.05, 3.63) is 35.6 Å². The van der Waals surface area contributed by atoms with E-state index in [0.29, 0.717) is 6.54 Å². The molecule has 0 spiro atoms. The van der Waals surface area contributed by atoms with Crippen LogP contribution < -0.4 is 5.73 Å². The van der Waals surface area contributed by atoms with Crippen LogP contribution in [-0.4, -0.2) is 20.3 Å². The molecule has 0 radical (unpaired) electrons. The van der Waals surface area contributed by atoms with Gasteiger partial charge in [-0.05, 0) is 42.6 Å². The second-order valence-corrected chi connectivity index (χ2v) is 3.87. The highest BCUT2D eigenvalue weighted by atomic mass is 16.5. The summed E-state index contributed by atoms with van der Waals surface area (Å²) >= 11 is 0. The van der Waals surface area contributed by atoms with E-state index in [4.69, 9.17) is 14.9 Å². The Morgan fingerprint density at radius 2 is 2.19 bits per heavy atom. The third-order valence-electron chi connectivity index (χ3n) is 2.73. The van der Waals surface area contributed by atoms with Crippen molar-refractivity contribution in [2.45, 2.75) is 12.8 Å². The van der Waals surface area contributed by atoms with Crippen LogP contribution in [-0.2, 0) is 17.6 Å². The average Bonchev–Trinajstić information content (AvgIpc) is 2.70. The molecule has 0 fully saturated rings. The van der Waals surface area contributed by atoms with Crippen molar-refractivity contribution < 1.29 is 9.15 Å². The van der Waals surface area contributed by atoms with Gasteiger partial charge in [0.1, 0.15) is 5.58 Å². The van der Waals surface area contributed by atoms with Gasteiger partial charge in [-0.25, -0.2) is 0 Å². The lowest BCUT2D eigenvalue weighted by Gasteiger charge is -2.01. The minimum atomic E-state index is 0.650. The molecule has 0 amide bonds. The van der Waals surface area contributed by atoms with E-state index in [-0.39, 0.29) is 0 Å². The van der Waals surface area contributed by atoms with Crippen LogP contribution in [0.4, 0.5) is 0 Å². The molecular weight excluding hydrogens is 202 g/mol. The number of methoxy groups -OCH3 is 1. The first-order valence-electron chi connectivity index (χ1n) is 5.53. The lowest BCUT2D eigenvalue weighted by atomic mass is 10.1. The maximum Gasteiger partial charge on any atom is 0.134 e. The Labute approximate surface area is 95.2 Å². The zero-order chi connectivity index (χ0) is 11.4. The van der Waals surface area contributed by atoms with Gasteiger partial charge in [0.05, 0.1) is 12.9 Å². The first kappa shape index (κ1) is 11.2. The van der Waals surface area contributed by atoms with Gasteiger partial charge in [-0.15, -0.1) is 0 Å². The minimum absolute atomic E-state index is 0.650. The molecule has 0 unspecified atom stereocenters. The summed E-state index contributed by atoms with van der Waals surface area (Å²) in [7, 11) is 1.72. The van der Waals surface area contributed by atoms with E-state index in [1.807, 2.05) is 6.07 Å². The molecule has 1 heterocycles. The van der Waals surface area contributed by atoms with Gasteiger partial charge in [0, 0.05) is 12.5 Å². The Morgan fingerprint density at radius 1 is 1.31 bits per heavy atom. The minimum Gasteiger partial charge on any atom is -0.464 e. The summed E-state index contributed by atoms with van der Waals surface area (Å²) in [5.41, 5.74) is 8.97. The topological polar surface area (TPSA) is 48.4 Å². The number of furan rings is 1. The van der Waals surface area contributed by atoms with Gasteiger partial charge in [0.25, 0.3) is 0 Å². The van der Waals surface area contributed by atoms with Gasteiger partial charge in [-0.2, -0.15) is 0 Å². The first-order chi connectivity index (χ1) is 7.85. The zero-order valence-corrected chi connectivity index (χ0v) is 9.53. The van der Waals surface area contributed by atoms with Crippen LogP contribution in [0.3, 0.4) is 0 Å². The molecule has 3 heteroatoms. The van der Waals surface area contributed by atoms with Crippen LogP contribution in [0.2, 0.25) is 0 Å². The molecule has 3 nitrogen and oxygen atoms in total. The van der Waals surface area contributed by atoms with Crippen molar-refractivity contribution >= 4 is 11.0 Å². The Bertz CT molecular complexity index is 462. The van der Waals surface area contributed by atoms with E-state index in [9.17, 15) is 0 Å². The highest BCUT2D eigenvalue weighted by Gasteiger charge is 2.05. The van der Waals surface area contributed by atoms with E-state index in [2.05, 4.69) is 12.1 Å². The highest BCUT2D eigenvalue weighted by molar-refractivity contribution is 5.81. The van der Waals surface area contributed by atoms with E-state index < -0.39 is 0 Å². The average molecular weight is 219 g/mol. The van der Waals surface area contributed by atoms with Crippen LogP contribution in [0.5, 0.6) is 0 Å². The quantitative estimate of drug-likeness (QED) is 0.838. The number of nitrogens with two attached hydrogens (primary N) is 1. The molecule has 2 N–H and O–H groups in total. The summed E-state index contributed by atoms with van der Waals surface area (Å²) in [5, 5.41) is 1.18. The predicted molar refractivity (Wildman–Crippen MR) is 64.6 cm³/mol. The third kappa shape index (κ3) is 2.26. The molecule has 0 atom stereocenters. The predicted octanol–water partition coefficient (Wildman–Crippen LogP) is 2.12. The number of benzene rings is 1. The van der Waals surface area contributed by atoms with Gasteiger partial charge < -0.3 is 14.9 Å². The van der Waals surface area contributed by atoms with Crippen molar-refractivity contribution in [2.75, 3.05) is 20.3 Å². The Morgan fingerprint density at radius 3 is 2.94 bits per heavy atom. The van der Waals surface area contributed by atoms with Gasteiger partial charge in [-0.1, -0.05) is 6.07 Å². The van der Waals surface area contributed by atoms with Gasteiger partial charge in [0.2, 0.25) is 0 Å². The maximum absolute atomic E-state index is 5.57. The molecule has 2 rings (SSSR count). The van der Waals surface area contributed by atoms with Crippen LogP contribution >= 0.6 is 0 Å². The zero-order valence-electron chi connectivity index (χ0n) is 9.53. The van der Waals surface area contributed by atoms with Crippen molar-refractivity contribution in [1.82, 2.24) is 0 Å². The Balaban J connectivity index is 2.30. The third-order valence-corrected chi connectivity index (χ3v) is 2.73. The summed E-state index contributed by atoms with van der Waals surface area (Å²) in [6.45, 7) is 1.40. The number of rotatable bonds is 5. The second-order valence-electron chi connectivity index (χ2n) is 3.87. The molecule has 0 bridgehead atoms. The SMILES string of the molecule is COCCc1ccc2occ(CCN)c2c1. The smallest absolute Gasteiger partial charge is 0.134 e. The van der Waals surface area contributed by atoms with E-state index in [0.717, 1.165) is 25.0 Å². The Kier molecular flexibility index (Phi) is 3.59. The van der Waals surface area contributed by atoms with Crippen LogP contribution in [0, 0.1) is 0 Å². The molecule has 1 aromatic carbocycles. The first-order valence-corrected chi connectivity index (χ1v) is 5.53. The molecule has 0 aliphatic heterocycles. The van der Waals surface area contributed by atoms with Gasteiger partial charge >= 0.3 is 0 Å². The summed E-state index contributed by atoms with van der Waals surface area (Å²) in [6.07, 6.45) is 3.60. The molecule has 86 valence electrons. The maximum atomic E-state index is 5.57. The summed E-state index contributed by atoms with van der Waals surface area (Å²) in [4.78, 5) is 0. The molecular formula is C13H17NO2. The largest absolute Gasteiger partial charge is 0.464 e. The summed E-state index contributed by atoms with van der Waals surface area (Å²) in [5.74, 6) is 0. The fourth-order valence-electron chi connectivity index (χ4n) is 1.85. The van der Waals surface area contributed by atoms with E-state index in [1.165, 1.54) is 16.5 Å². The fraction of sp³-hybridized carbons (Fsp3) is 0.385. The summed E-state index contributed by atoms with van der Waals surface area (Å²) < 4.78 is 10.5. The van der Waals surface area contributed by atoms with Crippen molar-refractivity contribution in [1.29, 1.82) is 0 Å². The van der Waals surface area contributed by atoms with E-state index >= 15 is 0 Å². The van der Waals surface area contributed by atoms with Crippen LogP contribution in [0.15, 0.2) is 28.9 Å².